The number of hydrogen-bond donors (Lipinski definition) is 1. The molecule has 0 atom stereocenters. The molecule has 1 saturated heterocycles. The molecule has 0 saturated carbocycles. The van der Waals surface area contributed by atoms with Crippen molar-refractivity contribution in [1.29, 1.82) is 5.26 Å². The number of amides is 1. The normalized spacial score (nSPS) is 18.9. The van der Waals surface area contributed by atoms with E-state index in [0.717, 1.165) is 43.5 Å². The standard InChI is InChI=1S/C21H19FN4O2S/c22-16-4-2-15(3-5-16)18-7-6-17(28-18)14-19-20(27)24-21(29-19)26-12-10-25(11-13-26)9-1-8-23/h2-7,14H,1,9-13H2/p+1/b19-14+. The Labute approximate surface area is 172 Å². The Hall–Kier alpha value is -2.89. The summed E-state index contributed by atoms with van der Waals surface area (Å²) in [5.74, 6) is 0.615. The van der Waals surface area contributed by atoms with Crippen LogP contribution in [-0.2, 0) is 4.79 Å². The maximum atomic E-state index is 13.1. The molecule has 0 spiro atoms. The summed E-state index contributed by atoms with van der Waals surface area (Å²) in [4.78, 5) is 20.6. The van der Waals surface area contributed by atoms with Gasteiger partial charge in [0.1, 0.15) is 17.3 Å². The maximum Gasteiger partial charge on any atom is 0.286 e. The molecule has 4 rings (SSSR count). The lowest BCUT2D eigenvalue weighted by atomic mass is 10.2. The molecule has 1 fully saturated rings. The van der Waals surface area contributed by atoms with E-state index in [-0.39, 0.29) is 11.7 Å². The number of aliphatic imine (C=N–C) groups is 1. The highest BCUT2D eigenvalue weighted by molar-refractivity contribution is 8.18. The van der Waals surface area contributed by atoms with Crippen molar-refractivity contribution in [1.82, 2.24) is 4.90 Å². The summed E-state index contributed by atoms with van der Waals surface area (Å²) < 4.78 is 18.9. The first-order valence-electron chi connectivity index (χ1n) is 9.46. The van der Waals surface area contributed by atoms with Crippen LogP contribution >= 0.6 is 11.8 Å². The first kappa shape index (κ1) is 19.4. The van der Waals surface area contributed by atoms with Crippen LogP contribution in [0, 0.1) is 17.1 Å². The molecule has 3 heterocycles. The van der Waals surface area contributed by atoms with Crippen LogP contribution in [0.2, 0.25) is 0 Å². The van der Waals surface area contributed by atoms with Crippen molar-refractivity contribution in [2.75, 3.05) is 32.7 Å². The number of hydrogen-bond acceptors (Lipinski definition) is 5. The van der Waals surface area contributed by atoms with Crippen LogP contribution in [0.5, 0.6) is 0 Å². The number of rotatable bonds is 4. The van der Waals surface area contributed by atoms with Crippen molar-refractivity contribution in [3.8, 4) is 17.4 Å². The molecule has 2 aromatic rings. The maximum absolute atomic E-state index is 13.1. The number of carbonyl (C=O) groups excluding carboxylic acids is 1. The Bertz CT molecular complexity index is 998. The first-order chi connectivity index (χ1) is 14.1. The Morgan fingerprint density at radius 2 is 2.00 bits per heavy atom. The number of halogens is 1. The molecular weight excluding hydrogens is 391 g/mol. The SMILES string of the molecule is N#CCC[NH+]1CCN(C2=NC(=O)/C(=C\c3ccc(-c4ccc(F)cc4)o3)S2)CC1. The molecule has 0 bridgehead atoms. The minimum Gasteiger partial charge on any atom is -0.457 e. The Kier molecular flexibility index (Phi) is 5.79. The monoisotopic (exact) mass is 411 g/mol. The van der Waals surface area contributed by atoms with Crippen LogP contribution in [0.4, 0.5) is 4.39 Å². The average Bonchev–Trinajstić information content (AvgIpc) is 3.35. The summed E-state index contributed by atoms with van der Waals surface area (Å²) in [7, 11) is 0. The van der Waals surface area contributed by atoms with Gasteiger partial charge in [0.15, 0.2) is 5.17 Å². The van der Waals surface area contributed by atoms with Crippen LogP contribution in [0.15, 0.2) is 50.7 Å². The first-order valence-corrected chi connectivity index (χ1v) is 10.3. The van der Waals surface area contributed by atoms with Gasteiger partial charge in [-0.1, -0.05) is 0 Å². The van der Waals surface area contributed by atoms with Crippen LogP contribution in [-0.4, -0.2) is 48.7 Å². The third-order valence-electron chi connectivity index (χ3n) is 4.97. The molecule has 2 aliphatic heterocycles. The third kappa shape index (κ3) is 4.58. The molecular formula is C21H20FN4O2S+. The zero-order valence-corrected chi connectivity index (χ0v) is 16.5. The van der Waals surface area contributed by atoms with Gasteiger partial charge in [0.05, 0.1) is 50.1 Å². The fraction of sp³-hybridized carbons (Fsp3) is 0.286. The minimum absolute atomic E-state index is 0.260. The van der Waals surface area contributed by atoms with Crippen molar-refractivity contribution in [3.63, 3.8) is 0 Å². The van der Waals surface area contributed by atoms with Crippen LogP contribution < -0.4 is 4.90 Å². The molecule has 1 amide bonds. The number of furan rings is 1. The molecule has 8 heteroatoms. The van der Waals surface area contributed by atoms with Gasteiger partial charge in [-0.3, -0.25) is 4.79 Å². The summed E-state index contributed by atoms with van der Waals surface area (Å²) in [6.45, 7) is 4.38. The average molecular weight is 411 g/mol. The highest BCUT2D eigenvalue weighted by Crippen LogP contribution is 2.31. The Balaban J connectivity index is 1.39. The fourth-order valence-corrected chi connectivity index (χ4v) is 4.30. The molecule has 6 nitrogen and oxygen atoms in total. The second kappa shape index (κ2) is 8.64. The van der Waals surface area contributed by atoms with Gasteiger partial charge in [-0.2, -0.15) is 10.3 Å². The highest BCUT2D eigenvalue weighted by atomic mass is 32.2. The number of quaternary nitrogens is 1. The second-order valence-electron chi connectivity index (χ2n) is 6.91. The van der Waals surface area contributed by atoms with Crippen LogP contribution in [0.3, 0.4) is 0 Å². The molecule has 148 valence electrons. The topological polar surface area (TPSA) is 74.0 Å². The van der Waals surface area contributed by atoms with Crippen LogP contribution in [0.1, 0.15) is 12.2 Å². The predicted molar refractivity (Wildman–Crippen MR) is 109 cm³/mol. The number of thioether (sulfide) groups is 1. The van der Waals surface area contributed by atoms with Gasteiger partial charge in [-0.05, 0) is 48.2 Å². The van der Waals surface area contributed by atoms with Crippen molar-refractivity contribution in [2.45, 2.75) is 6.42 Å². The zero-order chi connectivity index (χ0) is 20.2. The number of carbonyl (C=O) groups is 1. The fourth-order valence-electron chi connectivity index (χ4n) is 3.36. The van der Waals surface area contributed by atoms with E-state index in [4.69, 9.17) is 9.68 Å². The van der Waals surface area contributed by atoms with Gasteiger partial charge >= 0.3 is 0 Å². The molecule has 0 unspecified atom stereocenters. The Morgan fingerprint density at radius 1 is 1.24 bits per heavy atom. The van der Waals surface area contributed by atoms with Crippen LogP contribution in [0.25, 0.3) is 17.4 Å². The van der Waals surface area contributed by atoms with E-state index in [1.165, 1.54) is 28.8 Å². The zero-order valence-electron chi connectivity index (χ0n) is 15.7. The van der Waals surface area contributed by atoms with Gasteiger partial charge in [0.25, 0.3) is 5.91 Å². The quantitative estimate of drug-likeness (QED) is 0.781. The summed E-state index contributed by atoms with van der Waals surface area (Å²) in [5, 5.41) is 9.44. The lowest BCUT2D eigenvalue weighted by molar-refractivity contribution is -0.903. The second-order valence-corrected chi connectivity index (χ2v) is 7.92. The lowest BCUT2D eigenvalue weighted by Crippen LogP contribution is -3.14. The molecule has 0 aliphatic carbocycles. The summed E-state index contributed by atoms with van der Waals surface area (Å²) >= 11 is 1.36. The van der Waals surface area contributed by atoms with Gasteiger partial charge in [0, 0.05) is 11.6 Å². The van der Waals surface area contributed by atoms with E-state index in [1.54, 1.807) is 30.3 Å². The van der Waals surface area contributed by atoms with E-state index in [0.29, 0.717) is 22.8 Å². The van der Waals surface area contributed by atoms with Crippen molar-refractivity contribution < 1.29 is 18.5 Å². The highest BCUT2D eigenvalue weighted by Gasteiger charge is 2.29. The summed E-state index contributed by atoms with van der Waals surface area (Å²) in [6.07, 6.45) is 2.27. The van der Waals surface area contributed by atoms with Crippen molar-refractivity contribution in [3.05, 3.63) is 52.9 Å². The van der Waals surface area contributed by atoms with Crippen molar-refractivity contribution in [2.24, 2.45) is 4.99 Å². The third-order valence-corrected chi connectivity index (χ3v) is 6.01. The van der Waals surface area contributed by atoms with E-state index in [1.807, 2.05) is 0 Å². The number of nitriles is 1. The number of benzene rings is 1. The van der Waals surface area contributed by atoms with E-state index in [2.05, 4.69) is 16.0 Å². The molecule has 0 radical (unpaired) electrons. The molecule has 1 aromatic heterocycles. The number of nitrogens with zero attached hydrogens (tertiary/aromatic N) is 3. The largest absolute Gasteiger partial charge is 0.457 e. The molecule has 29 heavy (non-hydrogen) atoms. The minimum atomic E-state index is -0.298. The number of piperazine rings is 1. The van der Waals surface area contributed by atoms with Crippen molar-refractivity contribution >= 4 is 28.9 Å². The smallest absolute Gasteiger partial charge is 0.286 e. The van der Waals surface area contributed by atoms with Gasteiger partial charge in [0.2, 0.25) is 0 Å². The number of amidine groups is 1. The molecule has 1 aromatic carbocycles. The van der Waals surface area contributed by atoms with Gasteiger partial charge in [-0.25, -0.2) is 4.39 Å². The molecule has 2 aliphatic rings. The predicted octanol–water partition coefficient (Wildman–Crippen LogP) is 2.17. The Morgan fingerprint density at radius 3 is 2.72 bits per heavy atom. The summed E-state index contributed by atoms with van der Waals surface area (Å²) in [5.41, 5.74) is 0.773. The van der Waals surface area contributed by atoms with Gasteiger partial charge < -0.3 is 14.2 Å². The summed E-state index contributed by atoms with van der Waals surface area (Å²) in [6, 6.07) is 11.8. The van der Waals surface area contributed by atoms with E-state index in [9.17, 15) is 9.18 Å². The molecule has 1 N–H and O–H groups in total. The number of nitrogens with one attached hydrogen (secondary N) is 1. The van der Waals surface area contributed by atoms with E-state index < -0.39 is 0 Å². The van der Waals surface area contributed by atoms with Gasteiger partial charge in [-0.15, -0.1) is 0 Å². The lowest BCUT2D eigenvalue weighted by Gasteiger charge is -2.32. The van der Waals surface area contributed by atoms with E-state index >= 15 is 0 Å².